The fourth-order valence-electron chi connectivity index (χ4n) is 3.54. The number of hydrogen-bond acceptors (Lipinski definition) is 4. The lowest BCUT2D eigenvalue weighted by Crippen LogP contribution is -2.17. The third-order valence-electron chi connectivity index (χ3n) is 5.16. The molecule has 1 fully saturated rings. The Bertz CT molecular complexity index is 746. The molecule has 2 aromatic rings. The van der Waals surface area contributed by atoms with Crippen LogP contribution in [0.2, 0.25) is 0 Å². The number of carbonyl (C=O) groups excluding carboxylic acids is 2. The summed E-state index contributed by atoms with van der Waals surface area (Å²) in [4.78, 5) is 23.8. The van der Waals surface area contributed by atoms with E-state index in [-0.39, 0.29) is 24.8 Å². The molecule has 0 radical (unpaired) electrons. The number of carbonyl (C=O) groups is 2. The van der Waals surface area contributed by atoms with Gasteiger partial charge in [-0.3, -0.25) is 9.59 Å². The molecule has 0 bridgehead atoms. The van der Waals surface area contributed by atoms with Gasteiger partial charge in [0.25, 0.3) is 0 Å². The van der Waals surface area contributed by atoms with Crippen molar-refractivity contribution in [3.05, 3.63) is 54.6 Å². The molecule has 0 amide bonds. The van der Waals surface area contributed by atoms with Crippen molar-refractivity contribution in [3.8, 4) is 16.9 Å². The maximum atomic E-state index is 12.0. The zero-order valence-corrected chi connectivity index (χ0v) is 16.3. The molecule has 3 rings (SSSR count). The summed E-state index contributed by atoms with van der Waals surface area (Å²) in [5.41, 5.74) is 2.19. The Morgan fingerprint density at radius 2 is 1.43 bits per heavy atom. The predicted molar refractivity (Wildman–Crippen MR) is 109 cm³/mol. The first kappa shape index (κ1) is 20.1. The molecule has 0 spiro atoms. The standard InChI is InChI=1S/C24H28O4/c25-23(27-18-19-8-3-1-4-9-19)12-7-13-24(26)28-22-16-14-21(15-17-22)20-10-5-2-6-11-20/h2,5-6,10-11,14-17,19H,1,3-4,7-9,12-13,18H2. The minimum Gasteiger partial charge on any atom is -0.465 e. The molecule has 4 heteroatoms. The SMILES string of the molecule is O=C(CCCC(=O)Oc1ccc(-c2ccccc2)cc1)OCC1CCCCC1. The molecule has 0 N–H and O–H groups in total. The van der Waals surface area contributed by atoms with Gasteiger partial charge in [-0.05, 0) is 48.4 Å². The van der Waals surface area contributed by atoms with Crippen LogP contribution < -0.4 is 4.74 Å². The van der Waals surface area contributed by atoms with E-state index in [2.05, 4.69) is 0 Å². The minimum atomic E-state index is -0.326. The number of esters is 2. The van der Waals surface area contributed by atoms with Crippen LogP contribution in [0.25, 0.3) is 11.1 Å². The van der Waals surface area contributed by atoms with Gasteiger partial charge in [-0.15, -0.1) is 0 Å². The second kappa shape index (κ2) is 10.6. The molecule has 0 unspecified atom stereocenters. The molecular formula is C24H28O4. The summed E-state index contributed by atoms with van der Waals surface area (Å²) < 4.78 is 10.7. The van der Waals surface area contributed by atoms with E-state index in [0.29, 0.717) is 24.7 Å². The van der Waals surface area contributed by atoms with Crippen molar-refractivity contribution in [2.75, 3.05) is 6.61 Å². The van der Waals surface area contributed by atoms with Gasteiger partial charge in [-0.1, -0.05) is 61.7 Å². The highest BCUT2D eigenvalue weighted by Crippen LogP contribution is 2.24. The Morgan fingerprint density at radius 3 is 2.14 bits per heavy atom. The van der Waals surface area contributed by atoms with Crippen LogP contribution >= 0.6 is 0 Å². The van der Waals surface area contributed by atoms with Gasteiger partial charge in [0.15, 0.2) is 0 Å². The van der Waals surface area contributed by atoms with Gasteiger partial charge in [-0.25, -0.2) is 0 Å². The monoisotopic (exact) mass is 380 g/mol. The Morgan fingerprint density at radius 1 is 0.786 bits per heavy atom. The zero-order valence-electron chi connectivity index (χ0n) is 16.3. The Labute approximate surface area is 166 Å². The van der Waals surface area contributed by atoms with Crippen molar-refractivity contribution in [3.63, 3.8) is 0 Å². The summed E-state index contributed by atoms with van der Waals surface area (Å²) in [7, 11) is 0. The molecular weight excluding hydrogens is 352 g/mol. The lowest BCUT2D eigenvalue weighted by molar-refractivity contribution is -0.145. The fourth-order valence-corrected chi connectivity index (χ4v) is 3.54. The molecule has 1 saturated carbocycles. The van der Waals surface area contributed by atoms with E-state index in [1.54, 1.807) is 12.1 Å². The Kier molecular flexibility index (Phi) is 7.65. The van der Waals surface area contributed by atoms with Gasteiger partial charge >= 0.3 is 11.9 Å². The van der Waals surface area contributed by atoms with E-state index in [1.807, 2.05) is 42.5 Å². The Balaban J connectivity index is 1.34. The van der Waals surface area contributed by atoms with Crippen LogP contribution in [0, 0.1) is 5.92 Å². The van der Waals surface area contributed by atoms with E-state index in [1.165, 1.54) is 19.3 Å². The highest BCUT2D eigenvalue weighted by atomic mass is 16.5. The summed E-state index contributed by atoms with van der Waals surface area (Å²) in [6.07, 6.45) is 6.99. The first-order valence-electron chi connectivity index (χ1n) is 10.2. The largest absolute Gasteiger partial charge is 0.465 e. The summed E-state index contributed by atoms with van der Waals surface area (Å²) >= 11 is 0. The van der Waals surface area contributed by atoms with Gasteiger partial charge in [0.2, 0.25) is 0 Å². The van der Waals surface area contributed by atoms with E-state index in [4.69, 9.17) is 9.47 Å². The highest BCUT2D eigenvalue weighted by molar-refractivity contribution is 5.74. The van der Waals surface area contributed by atoms with E-state index in [9.17, 15) is 9.59 Å². The lowest BCUT2D eigenvalue weighted by atomic mass is 9.90. The molecule has 1 aliphatic rings. The number of benzene rings is 2. The molecule has 0 heterocycles. The summed E-state index contributed by atoms with van der Waals surface area (Å²) in [5.74, 6) is 0.490. The molecule has 4 nitrogen and oxygen atoms in total. The van der Waals surface area contributed by atoms with E-state index < -0.39 is 0 Å². The van der Waals surface area contributed by atoms with Gasteiger partial charge in [0.05, 0.1) is 6.61 Å². The number of hydrogen-bond donors (Lipinski definition) is 0. The quantitative estimate of drug-likeness (QED) is 0.445. The number of ether oxygens (including phenoxy) is 2. The molecule has 28 heavy (non-hydrogen) atoms. The van der Waals surface area contributed by atoms with Crippen LogP contribution in [0.1, 0.15) is 51.4 Å². The van der Waals surface area contributed by atoms with Gasteiger partial charge < -0.3 is 9.47 Å². The van der Waals surface area contributed by atoms with Crippen molar-refractivity contribution in [2.45, 2.75) is 51.4 Å². The number of rotatable bonds is 8. The zero-order chi connectivity index (χ0) is 19.6. The summed E-state index contributed by atoms with van der Waals surface area (Å²) in [5, 5.41) is 0. The van der Waals surface area contributed by atoms with Gasteiger partial charge in [-0.2, -0.15) is 0 Å². The average molecular weight is 380 g/mol. The van der Waals surface area contributed by atoms with Crippen LogP contribution in [0.3, 0.4) is 0 Å². The van der Waals surface area contributed by atoms with Crippen molar-refractivity contribution in [1.82, 2.24) is 0 Å². The third kappa shape index (κ3) is 6.52. The average Bonchev–Trinajstić information content (AvgIpc) is 2.74. The van der Waals surface area contributed by atoms with Crippen molar-refractivity contribution in [1.29, 1.82) is 0 Å². The third-order valence-corrected chi connectivity index (χ3v) is 5.16. The minimum absolute atomic E-state index is 0.207. The molecule has 0 aromatic heterocycles. The smallest absolute Gasteiger partial charge is 0.311 e. The molecule has 2 aromatic carbocycles. The van der Waals surface area contributed by atoms with Crippen LogP contribution in [0.5, 0.6) is 5.75 Å². The van der Waals surface area contributed by atoms with E-state index in [0.717, 1.165) is 24.0 Å². The Hall–Kier alpha value is -2.62. The molecule has 1 aliphatic carbocycles. The fraction of sp³-hybridized carbons (Fsp3) is 0.417. The second-order valence-electron chi connectivity index (χ2n) is 7.41. The van der Waals surface area contributed by atoms with Crippen LogP contribution in [0.15, 0.2) is 54.6 Å². The van der Waals surface area contributed by atoms with Crippen LogP contribution in [0.4, 0.5) is 0 Å². The first-order chi connectivity index (χ1) is 13.7. The molecule has 0 atom stereocenters. The van der Waals surface area contributed by atoms with Crippen molar-refractivity contribution in [2.24, 2.45) is 5.92 Å². The first-order valence-corrected chi connectivity index (χ1v) is 10.2. The molecule has 0 aliphatic heterocycles. The maximum Gasteiger partial charge on any atom is 0.311 e. The van der Waals surface area contributed by atoms with Crippen LogP contribution in [-0.2, 0) is 14.3 Å². The van der Waals surface area contributed by atoms with Gasteiger partial charge in [0, 0.05) is 12.8 Å². The topological polar surface area (TPSA) is 52.6 Å². The molecule has 0 saturated heterocycles. The summed E-state index contributed by atoms with van der Waals surface area (Å²) in [6, 6.07) is 17.5. The molecule has 148 valence electrons. The highest BCUT2D eigenvalue weighted by Gasteiger charge is 2.15. The van der Waals surface area contributed by atoms with Crippen molar-refractivity contribution >= 4 is 11.9 Å². The van der Waals surface area contributed by atoms with Crippen molar-refractivity contribution < 1.29 is 19.1 Å². The predicted octanol–water partition coefficient (Wildman–Crippen LogP) is 5.55. The van der Waals surface area contributed by atoms with E-state index >= 15 is 0 Å². The normalized spacial score (nSPS) is 14.4. The van der Waals surface area contributed by atoms with Gasteiger partial charge in [0.1, 0.15) is 5.75 Å². The second-order valence-corrected chi connectivity index (χ2v) is 7.41. The van der Waals surface area contributed by atoms with Crippen LogP contribution in [-0.4, -0.2) is 18.5 Å². The summed E-state index contributed by atoms with van der Waals surface area (Å²) in [6.45, 7) is 0.525. The maximum absolute atomic E-state index is 12.0. The lowest BCUT2D eigenvalue weighted by Gasteiger charge is -2.20.